The Bertz CT molecular complexity index is 960. The van der Waals surface area contributed by atoms with Gasteiger partial charge >= 0.3 is 6.03 Å². The second-order valence-electron chi connectivity index (χ2n) is 6.97. The Hall–Kier alpha value is -2.62. The first-order valence-corrected chi connectivity index (χ1v) is 9.84. The van der Waals surface area contributed by atoms with E-state index in [1.807, 2.05) is 6.92 Å². The zero-order valence-electron chi connectivity index (χ0n) is 15.1. The van der Waals surface area contributed by atoms with E-state index in [1.165, 1.54) is 15.9 Å². The van der Waals surface area contributed by atoms with Gasteiger partial charge < -0.3 is 10.0 Å². The molecule has 1 aliphatic carbocycles. The first kappa shape index (κ1) is 18.7. The number of hydrogen-bond donors (Lipinski definition) is 1. The molecule has 10 heteroatoms. The van der Waals surface area contributed by atoms with E-state index in [9.17, 15) is 23.5 Å². The highest BCUT2D eigenvalue weighted by atomic mass is 32.1. The maximum Gasteiger partial charge on any atom is 0.328 e. The summed E-state index contributed by atoms with van der Waals surface area (Å²) in [4.78, 5) is 28.2. The summed E-state index contributed by atoms with van der Waals surface area (Å²) in [5, 5.41) is 17.9. The molecule has 1 aromatic heterocycles. The third-order valence-corrected chi connectivity index (χ3v) is 6.08. The monoisotopic (exact) mass is 408 g/mol. The number of aromatic nitrogens is 2. The largest absolute Gasteiger partial charge is 0.503 e. The Balaban J connectivity index is 1.57. The molecular formula is C18H18F2N4O3S. The molecular weight excluding hydrogens is 390 g/mol. The van der Waals surface area contributed by atoms with Crippen LogP contribution in [0.4, 0.5) is 13.6 Å². The molecule has 4 rings (SSSR count). The number of benzene rings is 1. The minimum Gasteiger partial charge on any atom is -0.503 e. The highest BCUT2D eigenvalue weighted by Gasteiger charge is 2.64. The van der Waals surface area contributed by atoms with E-state index < -0.39 is 22.9 Å². The van der Waals surface area contributed by atoms with Crippen molar-refractivity contribution in [3.63, 3.8) is 0 Å². The molecule has 0 bridgehead atoms. The fourth-order valence-electron chi connectivity index (χ4n) is 3.38. The molecule has 28 heavy (non-hydrogen) atoms. The van der Waals surface area contributed by atoms with Gasteiger partial charge in [0.2, 0.25) is 0 Å². The van der Waals surface area contributed by atoms with Crippen LogP contribution in [0.15, 0.2) is 12.1 Å². The lowest BCUT2D eigenvalue weighted by Crippen LogP contribution is -2.36. The zero-order valence-corrected chi connectivity index (χ0v) is 15.9. The molecule has 1 N–H and O–H groups in total. The predicted octanol–water partition coefficient (Wildman–Crippen LogP) is 3.29. The Kier molecular flexibility index (Phi) is 4.53. The van der Waals surface area contributed by atoms with Crippen molar-refractivity contribution in [2.45, 2.75) is 44.7 Å². The molecule has 0 atom stereocenters. The number of hydrogen-bond acceptors (Lipinski definition) is 6. The third-order valence-electron chi connectivity index (χ3n) is 5.14. The molecule has 1 spiro atoms. The lowest BCUT2D eigenvalue weighted by atomic mass is 10.2. The summed E-state index contributed by atoms with van der Waals surface area (Å²) in [6, 6.07) is 1.79. The maximum atomic E-state index is 14.1. The Morgan fingerprint density at radius 2 is 2.00 bits per heavy atom. The summed E-state index contributed by atoms with van der Waals surface area (Å²) >= 11 is 1.03. The molecule has 1 saturated heterocycles. The molecule has 1 aliphatic heterocycles. The van der Waals surface area contributed by atoms with Crippen LogP contribution in [-0.2, 0) is 11.3 Å². The van der Waals surface area contributed by atoms with Gasteiger partial charge in [0.05, 0.1) is 12.1 Å². The van der Waals surface area contributed by atoms with Gasteiger partial charge in [-0.05, 0) is 31.4 Å². The second-order valence-corrected chi connectivity index (χ2v) is 8.03. The predicted molar refractivity (Wildman–Crippen MR) is 96.5 cm³/mol. The van der Waals surface area contributed by atoms with Gasteiger partial charge in [0, 0.05) is 6.54 Å². The number of amides is 3. The fourth-order valence-corrected chi connectivity index (χ4v) is 4.23. The van der Waals surface area contributed by atoms with Crippen LogP contribution in [0.1, 0.15) is 37.6 Å². The van der Waals surface area contributed by atoms with E-state index in [4.69, 9.17) is 0 Å². The van der Waals surface area contributed by atoms with Crippen molar-refractivity contribution in [1.29, 1.82) is 0 Å². The molecule has 2 aliphatic rings. The lowest BCUT2D eigenvalue weighted by molar-refractivity contribution is -0.129. The molecule has 1 saturated carbocycles. The summed E-state index contributed by atoms with van der Waals surface area (Å²) in [6.07, 6.45) is 2.86. The van der Waals surface area contributed by atoms with Gasteiger partial charge in [0.1, 0.15) is 10.5 Å². The summed E-state index contributed by atoms with van der Waals surface area (Å²) in [7, 11) is 0. The summed E-state index contributed by atoms with van der Waals surface area (Å²) in [5.74, 6) is -3.40. The SMILES string of the molecule is CCCCN1C(=O)N(Cc2nnc(-c3ccc(F)c(O)c3F)s2)C2(CC2)C1=O. The summed E-state index contributed by atoms with van der Waals surface area (Å²) in [5.41, 5.74) is -0.854. The van der Waals surface area contributed by atoms with Crippen molar-refractivity contribution in [2.24, 2.45) is 0 Å². The van der Waals surface area contributed by atoms with E-state index in [0.29, 0.717) is 24.4 Å². The van der Waals surface area contributed by atoms with Gasteiger partial charge in [-0.1, -0.05) is 24.7 Å². The number of phenolic OH excluding ortho intramolecular Hbond substituents is 1. The van der Waals surface area contributed by atoms with E-state index in [1.54, 1.807) is 0 Å². The van der Waals surface area contributed by atoms with Crippen LogP contribution in [0.3, 0.4) is 0 Å². The number of aromatic hydroxyl groups is 1. The normalized spacial score (nSPS) is 17.8. The first-order valence-electron chi connectivity index (χ1n) is 9.02. The molecule has 1 aromatic carbocycles. The Morgan fingerprint density at radius 1 is 1.25 bits per heavy atom. The van der Waals surface area contributed by atoms with Crippen molar-refractivity contribution >= 4 is 23.3 Å². The maximum absolute atomic E-state index is 14.1. The molecule has 2 aromatic rings. The van der Waals surface area contributed by atoms with E-state index in [2.05, 4.69) is 10.2 Å². The summed E-state index contributed by atoms with van der Waals surface area (Å²) in [6.45, 7) is 2.48. The zero-order chi connectivity index (χ0) is 20.1. The number of unbranched alkanes of at least 4 members (excludes halogenated alkanes) is 1. The van der Waals surface area contributed by atoms with Crippen LogP contribution in [0, 0.1) is 11.6 Å². The summed E-state index contributed by atoms with van der Waals surface area (Å²) < 4.78 is 27.4. The van der Waals surface area contributed by atoms with Crippen LogP contribution >= 0.6 is 11.3 Å². The van der Waals surface area contributed by atoms with Crippen LogP contribution in [0.2, 0.25) is 0 Å². The topological polar surface area (TPSA) is 86.6 Å². The van der Waals surface area contributed by atoms with Crippen molar-refractivity contribution < 1.29 is 23.5 Å². The number of carbonyl (C=O) groups excluding carboxylic acids is 2. The van der Waals surface area contributed by atoms with E-state index in [-0.39, 0.29) is 29.1 Å². The number of nitrogens with zero attached hydrogens (tertiary/aromatic N) is 4. The van der Waals surface area contributed by atoms with Gasteiger partial charge in [-0.3, -0.25) is 9.69 Å². The van der Waals surface area contributed by atoms with Gasteiger partial charge in [0.15, 0.2) is 22.4 Å². The standard InChI is InChI=1S/C18H18F2N4O3S/c1-2-3-8-23-16(26)18(6-7-18)24(17(23)27)9-12-21-22-15(28-12)10-4-5-11(19)14(25)13(10)20/h4-5,25H,2-3,6-9H2,1H3. The first-order chi connectivity index (χ1) is 13.4. The van der Waals surface area contributed by atoms with E-state index in [0.717, 1.165) is 30.2 Å². The fraction of sp³-hybridized carbons (Fsp3) is 0.444. The van der Waals surface area contributed by atoms with Crippen molar-refractivity contribution in [3.8, 4) is 16.3 Å². The molecule has 0 radical (unpaired) electrons. The van der Waals surface area contributed by atoms with Gasteiger partial charge in [-0.2, -0.15) is 0 Å². The molecule has 148 valence electrons. The highest BCUT2D eigenvalue weighted by Crippen LogP contribution is 2.49. The highest BCUT2D eigenvalue weighted by molar-refractivity contribution is 7.14. The second kappa shape index (κ2) is 6.77. The number of imide groups is 1. The van der Waals surface area contributed by atoms with Crippen LogP contribution in [-0.4, -0.2) is 49.1 Å². The lowest BCUT2D eigenvalue weighted by Gasteiger charge is -2.19. The van der Waals surface area contributed by atoms with Crippen molar-refractivity contribution in [3.05, 3.63) is 28.8 Å². The Labute approximate surface area is 163 Å². The average molecular weight is 408 g/mol. The number of rotatable bonds is 6. The molecule has 2 heterocycles. The number of urea groups is 1. The smallest absolute Gasteiger partial charge is 0.328 e. The molecule has 3 amide bonds. The minimum absolute atomic E-state index is 0.0721. The molecule has 7 nitrogen and oxygen atoms in total. The van der Waals surface area contributed by atoms with E-state index >= 15 is 0 Å². The number of halogens is 2. The average Bonchev–Trinajstić information content (AvgIpc) is 3.31. The van der Waals surface area contributed by atoms with Gasteiger partial charge in [-0.25, -0.2) is 13.6 Å². The molecule has 2 fully saturated rings. The van der Waals surface area contributed by atoms with Gasteiger partial charge in [0.25, 0.3) is 5.91 Å². The quantitative estimate of drug-likeness (QED) is 0.742. The van der Waals surface area contributed by atoms with Crippen LogP contribution in [0.5, 0.6) is 5.75 Å². The minimum atomic E-state index is -1.11. The van der Waals surface area contributed by atoms with Crippen LogP contribution < -0.4 is 0 Å². The Morgan fingerprint density at radius 3 is 2.68 bits per heavy atom. The molecule has 0 unspecified atom stereocenters. The number of carbonyl (C=O) groups is 2. The van der Waals surface area contributed by atoms with Crippen molar-refractivity contribution in [1.82, 2.24) is 20.0 Å². The number of phenols is 1. The third kappa shape index (κ3) is 2.83. The van der Waals surface area contributed by atoms with Crippen molar-refractivity contribution in [2.75, 3.05) is 6.54 Å². The van der Waals surface area contributed by atoms with Crippen LogP contribution in [0.25, 0.3) is 10.6 Å². The van der Waals surface area contributed by atoms with Gasteiger partial charge in [-0.15, -0.1) is 10.2 Å².